The maximum Gasteiger partial charge on any atom is 0.435 e. The van der Waals surface area contributed by atoms with Gasteiger partial charge in [0, 0.05) is 34.9 Å². The van der Waals surface area contributed by atoms with Crippen LogP contribution in [0.2, 0.25) is 5.02 Å². The highest BCUT2D eigenvalue weighted by Gasteiger charge is 2.68. The molecule has 2 aliphatic rings. The van der Waals surface area contributed by atoms with Crippen LogP contribution in [0.1, 0.15) is 100 Å². The molecule has 1 N–H and O–H groups in total. The number of esters is 1. The number of anilines is 1. The van der Waals surface area contributed by atoms with Crippen LogP contribution in [0.5, 0.6) is 0 Å². The van der Waals surface area contributed by atoms with Crippen LogP contribution in [0.3, 0.4) is 0 Å². The van der Waals surface area contributed by atoms with Crippen LogP contribution in [0.4, 0.5) is 49.7 Å². The monoisotopic (exact) mass is 1150 g/mol. The van der Waals surface area contributed by atoms with Gasteiger partial charge < -0.3 is 10.1 Å². The summed E-state index contributed by atoms with van der Waals surface area (Å²) in [6.07, 6.45) is -10.7. The number of fused-ring (bicyclic) bond motifs is 4. The fraction of sp³-hybridized carbons (Fsp3) is 0.469. The van der Waals surface area contributed by atoms with Gasteiger partial charge >= 0.3 is 18.3 Å². The van der Waals surface area contributed by atoms with Gasteiger partial charge in [-0.2, -0.15) is 49.6 Å². The standard InChI is InChI=1S/C49H48ClF10N7O8S2/c1-24(2)22-75-36(69)20-45(3,4)44(70)67(77(8,73)74)43-38-33(50)12-11-30(40(38)66(64-43)23-47(53,54)55)29-10-9-28(13-14-46(5,6)76(7,71)72)61-39(29)34(17-25-15-26(51)18-27(52)16-25)62-35(68)21-65-42-37(41(63-65)49(58,59)60)31-19-32(31)48(42,56)57/h9-12,15-16,18,24,31-32,34H,17,19-23H2,1-8H3,(H,62,68)/t31-,32?,34-/m0/s1. The summed E-state index contributed by atoms with van der Waals surface area (Å²) < 4.78 is 205. The van der Waals surface area contributed by atoms with E-state index < -0.39 is 166 Å². The SMILES string of the molecule is CC(C)COC(=O)CC(C)(C)C(=O)N(c1nn(CC(F)(F)F)c2c(-c3ccc(C#CC(C)(C)S(C)(=O)=O)nc3[C@H](Cc3cc(F)cc(F)c3)NC(=O)Cn3nc(C(F)(F)F)c4c3C(F)(F)C3C[C@H]43)ccc(Cl)c12)S(C)(=O)=O. The lowest BCUT2D eigenvalue weighted by molar-refractivity contribution is -0.149. The van der Waals surface area contributed by atoms with Crippen LogP contribution in [0.25, 0.3) is 22.0 Å². The molecule has 0 radical (unpaired) electrons. The number of halogens is 11. The van der Waals surface area contributed by atoms with E-state index in [9.17, 15) is 66.3 Å². The first kappa shape index (κ1) is 58.4. The Balaban J connectivity index is 1.48. The smallest absolute Gasteiger partial charge is 0.435 e. The third-order valence-corrected chi connectivity index (χ3v) is 16.0. The van der Waals surface area contributed by atoms with E-state index in [1.807, 2.05) is 0 Å². The second-order valence-corrected chi connectivity index (χ2v) is 25.3. The predicted molar refractivity (Wildman–Crippen MR) is 259 cm³/mol. The lowest BCUT2D eigenvalue weighted by Crippen LogP contribution is -2.45. The van der Waals surface area contributed by atoms with Gasteiger partial charge in [-0.05, 0) is 80.3 Å². The first-order chi connectivity index (χ1) is 35.2. The lowest BCUT2D eigenvalue weighted by atomic mass is 9.88. The molecule has 1 fully saturated rings. The number of pyridine rings is 1. The van der Waals surface area contributed by atoms with E-state index in [-0.39, 0.29) is 55.0 Å². The van der Waals surface area contributed by atoms with Crippen LogP contribution in [-0.4, -0.2) is 89.2 Å². The summed E-state index contributed by atoms with van der Waals surface area (Å²) in [6, 6.07) is 4.71. The van der Waals surface area contributed by atoms with E-state index in [2.05, 4.69) is 32.3 Å². The number of hydrogen-bond acceptors (Lipinski definition) is 11. The fourth-order valence-electron chi connectivity index (χ4n) is 8.83. The third kappa shape index (κ3) is 12.2. The molecule has 3 atom stereocenters. The van der Waals surface area contributed by atoms with Gasteiger partial charge in [-0.1, -0.05) is 51.3 Å². The average Bonchev–Trinajstić information content (AvgIpc) is 3.78. The van der Waals surface area contributed by atoms with Crippen molar-refractivity contribution in [2.24, 2.45) is 17.3 Å². The second kappa shape index (κ2) is 20.2. The van der Waals surface area contributed by atoms with Gasteiger partial charge in [-0.15, -0.1) is 0 Å². The number of sulfonamides is 1. The van der Waals surface area contributed by atoms with Crippen molar-refractivity contribution < 1.29 is 79.9 Å². The molecule has 1 saturated carbocycles. The minimum atomic E-state index is -5.24. The minimum Gasteiger partial charge on any atom is -0.465 e. The molecule has 77 heavy (non-hydrogen) atoms. The molecule has 416 valence electrons. The normalized spacial score (nSPS) is 16.9. The molecule has 3 aromatic heterocycles. The van der Waals surface area contributed by atoms with Gasteiger partial charge in [0.15, 0.2) is 21.3 Å². The maximum atomic E-state index is 15.7. The summed E-state index contributed by atoms with van der Waals surface area (Å²) in [5.74, 6) is -8.54. The summed E-state index contributed by atoms with van der Waals surface area (Å²) in [6.45, 7) is 4.86. The first-order valence-electron chi connectivity index (χ1n) is 23.2. The number of sulfone groups is 1. The van der Waals surface area contributed by atoms with Crippen LogP contribution in [0.15, 0.2) is 42.5 Å². The molecule has 2 aliphatic carbocycles. The molecule has 15 nitrogen and oxygen atoms in total. The topological polar surface area (TPSA) is 193 Å². The number of nitrogens with zero attached hydrogens (tertiary/aromatic N) is 6. The van der Waals surface area contributed by atoms with E-state index in [4.69, 9.17) is 16.3 Å². The number of benzene rings is 2. The van der Waals surface area contributed by atoms with E-state index in [1.54, 1.807) is 13.8 Å². The molecule has 2 amide bonds. The Morgan fingerprint density at radius 2 is 1.55 bits per heavy atom. The highest BCUT2D eigenvalue weighted by atomic mass is 35.5. The number of hydrogen-bond donors (Lipinski definition) is 1. The Morgan fingerprint density at radius 3 is 2.12 bits per heavy atom. The van der Waals surface area contributed by atoms with Gasteiger partial charge in [0.05, 0.1) is 52.4 Å². The molecule has 0 saturated heterocycles. The Kier molecular flexibility index (Phi) is 15.3. The third-order valence-electron chi connectivity index (χ3n) is 12.8. The van der Waals surface area contributed by atoms with Crippen LogP contribution in [-0.2, 0) is 70.6 Å². The number of rotatable bonds is 16. The minimum absolute atomic E-state index is 0.0692. The molecule has 7 rings (SSSR count). The zero-order valence-electron chi connectivity index (χ0n) is 42.0. The number of ether oxygens (including phenoxy) is 1. The van der Waals surface area contributed by atoms with E-state index in [0.717, 1.165) is 42.7 Å². The van der Waals surface area contributed by atoms with Gasteiger partial charge in [0.2, 0.25) is 21.8 Å². The van der Waals surface area contributed by atoms with Crippen molar-refractivity contribution in [3.05, 3.63) is 93.0 Å². The summed E-state index contributed by atoms with van der Waals surface area (Å²) in [4.78, 5) is 46.1. The van der Waals surface area contributed by atoms with Crippen molar-refractivity contribution >= 4 is 66.0 Å². The maximum absolute atomic E-state index is 15.7. The van der Waals surface area contributed by atoms with Gasteiger partial charge in [-0.3, -0.25) is 23.7 Å². The summed E-state index contributed by atoms with van der Waals surface area (Å²) in [7, 11) is -8.84. The molecule has 3 heterocycles. The van der Waals surface area contributed by atoms with E-state index in [0.29, 0.717) is 12.3 Å². The predicted octanol–water partition coefficient (Wildman–Crippen LogP) is 9.20. The number of carbonyl (C=O) groups excluding carboxylic acids is 3. The van der Waals surface area contributed by atoms with Gasteiger partial charge in [-0.25, -0.2) is 30.6 Å². The van der Waals surface area contributed by atoms with Crippen LogP contribution in [0, 0.1) is 40.7 Å². The Morgan fingerprint density at radius 1 is 0.922 bits per heavy atom. The second-order valence-electron chi connectivity index (χ2n) is 20.5. The van der Waals surface area contributed by atoms with Crippen LogP contribution >= 0.6 is 11.6 Å². The van der Waals surface area contributed by atoms with Crippen molar-refractivity contribution in [3.63, 3.8) is 0 Å². The molecule has 0 aliphatic heterocycles. The first-order valence-corrected chi connectivity index (χ1v) is 27.3. The van der Waals surface area contributed by atoms with Crippen molar-refractivity contribution in [2.45, 2.75) is 109 Å². The van der Waals surface area contributed by atoms with E-state index >= 15 is 8.78 Å². The van der Waals surface area contributed by atoms with Crippen molar-refractivity contribution in [1.82, 2.24) is 29.9 Å². The molecule has 2 aromatic carbocycles. The Labute approximate surface area is 439 Å². The lowest BCUT2D eigenvalue weighted by Gasteiger charge is -2.29. The zero-order valence-corrected chi connectivity index (χ0v) is 44.4. The number of carbonyl (C=O) groups is 3. The molecule has 1 unspecified atom stereocenters. The quantitative estimate of drug-likeness (QED) is 0.0563. The Bertz CT molecular complexity index is 3510. The molecular weight excluding hydrogens is 1100 g/mol. The van der Waals surface area contributed by atoms with Gasteiger partial charge in [0.25, 0.3) is 5.92 Å². The number of nitrogens with one attached hydrogen (secondary N) is 1. The summed E-state index contributed by atoms with van der Waals surface area (Å²) >= 11 is 6.72. The van der Waals surface area contributed by atoms with Crippen molar-refractivity contribution in [2.75, 3.05) is 23.4 Å². The highest BCUT2D eigenvalue weighted by molar-refractivity contribution is 7.93. The molecule has 28 heteroatoms. The summed E-state index contributed by atoms with van der Waals surface area (Å²) in [5, 5.41) is 8.70. The molecule has 0 bridgehead atoms. The number of aromatic nitrogens is 5. The van der Waals surface area contributed by atoms with E-state index in [1.165, 1.54) is 27.7 Å². The van der Waals surface area contributed by atoms with Crippen molar-refractivity contribution in [3.8, 4) is 23.0 Å². The molecule has 5 aromatic rings. The number of alkyl halides is 8. The molecular formula is C49H48ClF10N7O8S2. The Hall–Kier alpha value is -6.27. The number of amides is 2. The van der Waals surface area contributed by atoms with Crippen molar-refractivity contribution in [1.29, 1.82) is 0 Å². The fourth-order valence-corrected chi connectivity index (χ4v) is 10.3. The zero-order chi connectivity index (χ0) is 57.5. The average molecular weight is 1150 g/mol. The largest absolute Gasteiger partial charge is 0.465 e. The van der Waals surface area contributed by atoms with Crippen LogP contribution < -0.4 is 9.62 Å². The van der Waals surface area contributed by atoms with Gasteiger partial charge in [0.1, 0.15) is 40.9 Å². The molecule has 0 spiro atoms. The highest BCUT2D eigenvalue weighted by Crippen LogP contribution is 2.68. The summed E-state index contributed by atoms with van der Waals surface area (Å²) in [5.41, 5.74) is -7.98.